The number of ether oxygens (including phenoxy) is 1. The molecule has 1 atom stereocenters. The smallest absolute Gasteiger partial charge is 0.186 e. The first-order chi connectivity index (χ1) is 9.31. The first-order valence-electron chi connectivity index (χ1n) is 6.97. The van der Waals surface area contributed by atoms with Crippen molar-refractivity contribution < 1.29 is 4.74 Å². The lowest BCUT2D eigenvalue weighted by Crippen LogP contribution is -2.31. The highest BCUT2D eigenvalue weighted by molar-refractivity contribution is 6.30. The zero-order valence-electron chi connectivity index (χ0n) is 10.9. The summed E-state index contributed by atoms with van der Waals surface area (Å²) in [5, 5.41) is 4.15. The molecule has 1 aromatic rings. The molecule has 0 aromatic heterocycles. The number of nitrogens with zero attached hydrogens (tertiary/aromatic N) is 1. The Bertz CT molecular complexity index is 452. The van der Waals surface area contributed by atoms with Crippen molar-refractivity contribution in [2.45, 2.75) is 25.3 Å². The van der Waals surface area contributed by atoms with Crippen LogP contribution >= 0.6 is 11.6 Å². The highest BCUT2D eigenvalue weighted by Crippen LogP contribution is 2.21. The molecule has 1 fully saturated rings. The SMILES string of the molecule is Clc1ccc(CC2COC(C3CCNCC3)=N2)cc1. The first-order valence-corrected chi connectivity index (χ1v) is 7.35. The van der Waals surface area contributed by atoms with Crippen LogP contribution in [0.4, 0.5) is 0 Å². The molecule has 0 aliphatic carbocycles. The van der Waals surface area contributed by atoms with E-state index in [0.29, 0.717) is 5.92 Å². The van der Waals surface area contributed by atoms with Gasteiger partial charge in [-0.05, 0) is 50.0 Å². The molecule has 2 heterocycles. The maximum absolute atomic E-state index is 5.89. The third kappa shape index (κ3) is 3.28. The summed E-state index contributed by atoms with van der Waals surface area (Å²) in [6.07, 6.45) is 3.23. The predicted octanol–water partition coefficient (Wildman–Crippen LogP) is 2.68. The van der Waals surface area contributed by atoms with E-state index in [4.69, 9.17) is 21.3 Å². The molecule has 0 saturated carbocycles. The fraction of sp³-hybridized carbons (Fsp3) is 0.533. The van der Waals surface area contributed by atoms with Gasteiger partial charge in [0.15, 0.2) is 5.90 Å². The van der Waals surface area contributed by atoms with Crippen molar-refractivity contribution in [3.63, 3.8) is 0 Å². The van der Waals surface area contributed by atoms with E-state index < -0.39 is 0 Å². The van der Waals surface area contributed by atoms with Crippen molar-refractivity contribution in [3.8, 4) is 0 Å². The zero-order chi connectivity index (χ0) is 13.1. The summed E-state index contributed by atoms with van der Waals surface area (Å²) in [4.78, 5) is 4.76. The molecule has 0 spiro atoms. The molecule has 0 amide bonds. The molecule has 3 rings (SSSR count). The Morgan fingerprint density at radius 3 is 2.68 bits per heavy atom. The molecule has 0 bridgehead atoms. The number of hydrogen-bond acceptors (Lipinski definition) is 3. The van der Waals surface area contributed by atoms with Crippen molar-refractivity contribution in [3.05, 3.63) is 34.9 Å². The number of aliphatic imine (C=N–C) groups is 1. The summed E-state index contributed by atoms with van der Waals surface area (Å²) >= 11 is 5.89. The van der Waals surface area contributed by atoms with Crippen LogP contribution in [0.3, 0.4) is 0 Å². The van der Waals surface area contributed by atoms with Crippen molar-refractivity contribution in [1.29, 1.82) is 0 Å². The molecule has 1 aromatic carbocycles. The van der Waals surface area contributed by atoms with Crippen molar-refractivity contribution in [2.75, 3.05) is 19.7 Å². The average Bonchev–Trinajstić information content (AvgIpc) is 2.91. The molecule has 4 heteroatoms. The van der Waals surface area contributed by atoms with E-state index in [1.54, 1.807) is 0 Å². The first kappa shape index (κ1) is 12.9. The van der Waals surface area contributed by atoms with Crippen LogP contribution in [-0.4, -0.2) is 31.6 Å². The number of rotatable bonds is 3. The summed E-state index contributed by atoms with van der Waals surface area (Å²) in [5.41, 5.74) is 1.27. The van der Waals surface area contributed by atoms with E-state index in [0.717, 1.165) is 49.9 Å². The Morgan fingerprint density at radius 2 is 1.95 bits per heavy atom. The third-order valence-electron chi connectivity index (χ3n) is 3.81. The lowest BCUT2D eigenvalue weighted by Gasteiger charge is -2.21. The molecule has 19 heavy (non-hydrogen) atoms. The monoisotopic (exact) mass is 278 g/mol. The Morgan fingerprint density at radius 1 is 1.21 bits per heavy atom. The standard InChI is InChI=1S/C15H19ClN2O/c16-13-3-1-11(2-4-13)9-14-10-19-15(18-14)12-5-7-17-8-6-12/h1-4,12,14,17H,5-10H2. The Balaban J connectivity index is 1.60. The van der Waals surface area contributed by atoms with E-state index in [1.165, 1.54) is 5.56 Å². The fourth-order valence-corrected chi connectivity index (χ4v) is 2.85. The van der Waals surface area contributed by atoms with Gasteiger partial charge in [0.05, 0.1) is 6.04 Å². The minimum atomic E-state index is 0.270. The van der Waals surface area contributed by atoms with Crippen LogP contribution < -0.4 is 5.32 Å². The van der Waals surface area contributed by atoms with Crippen LogP contribution in [-0.2, 0) is 11.2 Å². The zero-order valence-corrected chi connectivity index (χ0v) is 11.7. The highest BCUT2D eigenvalue weighted by atomic mass is 35.5. The van der Waals surface area contributed by atoms with Crippen LogP contribution in [0, 0.1) is 5.92 Å². The molecule has 3 nitrogen and oxygen atoms in total. The van der Waals surface area contributed by atoms with Gasteiger partial charge in [-0.3, -0.25) is 0 Å². The van der Waals surface area contributed by atoms with Gasteiger partial charge < -0.3 is 10.1 Å². The highest BCUT2D eigenvalue weighted by Gasteiger charge is 2.27. The topological polar surface area (TPSA) is 33.6 Å². The molecular formula is C15H19ClN2O. The molecule has 1 saturated heterocycles. The van der Waals surface area contributed by atoms with Crippen molar-refractivity contribution in [2.24, 2.45) is 10.9 Å². The summed E-state index contributed by atoms with van der Waals surface area (Å²) in [6, 6.07) is 8.28. The molecule has 2 aliphatic rings. The molecule has 1 unspecified atom stereocenters. The van der Waals surface area contributed by atoms with Crippen molar-refractivity contribution in [1.82, 2.24) is 5.32 Å². The van der Waals surface area contributed by atoms with E-state index in [9.17, 15) is 0 Å². The van der Waals surface area contributed by atoms with E-state index in [2.05, 4.69) is 17.4 Å². The van der Waals surface area contributed by atoms with Crippen LogP contribution in [0.2, 0.25) is 5.02 Å². The van der Waals surface area contributed by atoms with Gasteiger partial charge in [0.2, 0.25) is 0 Å². The average molecular weight is 279 g/mol. The Hall–Kier alpha value is -1.06. The summed E-state index contributed by atoms with van der Waals surface area (Å²) < 4.78 is 5.80. The summed E-state index contributed by atoms with van der Waals surface area (Å²) in [7, 11) is 0. The third-order valence-corrected chi connectivity index (χ3v) is 4.06. The molecule has 102 valence electrons. The van der Waals surface area contributed by atoms with Gasteiger partial charge in [-0.1, -0.05) is 23.7 Å². The van der Waals surface area contributed by atoms with Crippen LogP contribution in [0.5, 0.6) is 0 Å². The van der Waals surface area contributed by atoms with Crippen LogP contribution in [0.15, 0.2) is 29.3 Å². The van der Waals surface area contributed by atoms with Gasteiger partial charge in [0.25, 0.3) is 0 Å². The number of nitrogens with one attached hydrogen (secondary N) is 1. The number of piperidine rings is 1. The lowest BCUT2D eigenvalue weighted by atomic mass is 9.98. The van der Waals surface area contributed by atoms with Crippen molar-refractivity contribution >= 4 is 17.5 Å². The second-order valence-electron chi connectivity index (χ2n) is 5.29. The van der Waals surface area contributed by atoms with Gasteiger partial charge in [0.1, 0.15) is 6.61 Å². The summed E-state index contributed by atoms with van der Waals surface area (Å²) in [6.45, 7) is 2.88. The minimum Gasteiger partial charge on any atom is -0.478 e. The second-order valence-corrected chi connectivity index (χ2v) is 5.72. The van der Waals surface area contributed by atoms with E-state index in [-0.39, 0.29) is 6.04 Å². The Labute approximate surface area is 119 Å². The Kier molecular flexibility index (Phi) is 4.04. The van der Waals surface area contributed by atoms with E-state index in [1.807, 2.05) is 12.1 Å². The van der Waals surface area contributed by atoms with Gasteiger partial charge in [-0.25, -0.2) is 4.99 Å². The maximum atomic E-state index is 5.89. The minimum absolute atomic E-state index is 0.270. The lowest BCUT2D eigenvalue weighted by molar-refractivity contribution is 0.284. The molecule has 2 aliphatic heterocycles. The van der Waals surface area contributed by atoms with E-state index >= 15 is 0 Å². The maximum Gasteiger partial charge on any atom is 0.186 e. The van der Waals surface area contributed by atoms with Gasteiger partial charge in [0, 0.05) is 10.9 Å². The van der Waals surface area contributed by atoms with Gasteiger partial charge in [-0.15, -0.1) is 0 Å². The quantitative estimate of drug-likeness (QED) is 0.922. The normalized spacial score (nSPS) is 24.1. The number of hydrogen-bond donors (Lipinski definition) is 1. The largest absolute Gasteiger partial charge is 0.478 e. The number of benzene rings is 1. The fourth-order valence-electron chi connectivity index (χ4n) is 2.73. The molecule has 0 radical (unpaired) electrons. The second kappa shape index (κ2) is 5.93. The predicted molar refractivity (Wildman–Crippen MR) is 77.9 cm³/mol. The summed E-state index contributed by atoms with van der Waals surface area (Å²) in [5.74, 6) is 1.51. The van der Waals surface area contributed by atoms with Gasteiger partial charge in [-0.2, -0.15) is 0 Å². The number of halogens is 1. The molecule has 1 N–H and O–H groups in total. The van der Waals surface area contributed by atoms with Gasteiger partial charge >= 0.3 is 0 Å². The van der Waals surface area contributed by atoms with Crippen LogP contribution in [0.1, 0.15) is 18.4 Å². The molecular weight excluding hydrogens is 260 g/mol. The van der Waals surface area contributed by atoms with Crippen LogP contribution in [0.25, 0.3) is 0 Å².